The van der Waals surface area contributed by atoms with Crippen molar-refractivity contribution in [2.24, 2.45) is 0 Å². The van der Waals surface area contributed by atoms with Gasteiger partial charge in [-0.25, -0.2) is 0 Å². The lowest BCUT2D eigenvalue weighted by molar-refractivity contribution is 0.363. The van der Waals surface area contributed by atoms with Gasteiger partial charge < -0.3 is 4.74 Å². The van der Waals surface area contributed by atoms with Gasteiger partial charge in [0, 0.05) is 5.75 Å². The van der Waals surface area contributed by atoms with Gasteiger partial charge in [-0.1, -0.05) is 30.4 Å². The summed E-state index contributed by atoms with van der Waals surface area (Å²) in [7, 11) is 0. The molecule has 0 radical (unpaired) electrons. The van der Waals surface area contributed by atoms with Crippen molar-refractivity contribution in [3.63, 3.8) is 0 Å². The maximum absolute atomic E-state index is 5.39. The third-order valence-corrected chi connectivity index (χ3v) is 1.57. The summed E-state index contributed by atoms with van der Waals surface area (Å²) in [6.07, 6.45) is 3.92. The number of benzene rings is 1. The molecular weight excluding hydrogens is 168 g/mol. The van der Waals surface area contributed by atoms with Crippen molar-refractivity contribution in [1.29, 1.82) is 0 Å². The predicted molar refractivity (Wildman–Crippen MR) is 54.9 cm³/mol. The van der Waals surface area contributed by atoms with Crippen molar-refractivity contribution in [1.82, 2.24) is 0 Å². The maximum Gasteiger partial charge on any atom is 0.119 e. The fourth-order valence-corrected chi connectivity index (χ4v) is 0.953. The molecule has 1 aromatic rings. The molecule has 0 aliphatic rings. The van der Waals surface area contributed by atoms with Crippen LogP contribution in [0.1, 0.15) is 0 Å². The summed E-state index contributed by atoms with van der Waals surface area (Å²) in [4.78, 5) is 0. The van der Waals surface area contributed by atoms with Crippen LogP contribution in [0.25, 0.3) is 0 Å². The second kappa shape index (κ2) is 5.72. The Bertz CT molecular complexity index is 231. The van der Waals surface area contributed by atoms with E-state index in [0.717, 1.165) is 11.5 Å². The number of rotatable bonds is 4. The Morgan fingerprint density at radius 1 is 1.17 bits per heavy atom. The maximum atomic E-state index is 5.39. The SMILES string of the molecule is SCC=CCOc1ccccc1. The molecule has 0 fully saturated rings. The van der Waals surface area contributed by atoms with Gasteiger partial charge in [0.2, 0.25) is 0 Å². The number of para-hydroxylation sites is 1. The van der Waals surface area contributed by atoms with Gasteiger partial charge in [0.15, 0.2) is 0 Å². The lowest BCUT2D eigenvalue weighted by Crippen LogP contribution is -1.92. The highest BCUT2D eigenvalue weighted by Crippen LogP contribution is 2.07. The van der Waals surface area contributed by atoms with Gasteiger partial charge in [-0.3, -0.25) is 0 Å². The molecule has 0 aliphatic carbocycles. The molecule has 0 N–H and O–H groups in total. The number of hydrogen-bond donors (Lipinski definition) is 1. The van der Waals surface area contributed by atoms with Gasteiger partial charge in [0.1, 0.15) is 12.4 Å². The minimum absolute atomic E-state index is 0.616. The Morgan fingerprint density at radius 2 is 1.92 bits per heavy atom. The van der Waals surface area contributed by atoms with Crippen LogP contribution in [0.4, 0.5) is 0 Å². The summed E-state index contributed by atoms with van der Waals surface area (Å²) in [6, 6.07) is 9.76. The first-order valence-corrected chi connectivity index (χ1v) is 4.50. The Labute approximate surface area is 78.5 Å². The second-order valence-corrected chi connectivity index (χ2v) is 2.64. The molecule has 12 heavy (non-hydrogen) atoms. The molecule has 0 aliphatic heterocycles. The fraction of sp³-hybridized carbons (Fsp3) is 0.200. The van der Waals surface area contributed by atoms with E-state index in [1.165, 1.54) is 0 Å². The van der Waals surface area contributed by atoms with Crippen LogP contribution in [0.2, 0.25) is 0 Å². The molecule has 0 saturated heterocycles. The third kappa shape index (κ3) is 3.49. The van der Waals surface area contributed by atoms with Gasteiger partial charge >= 0.3 is 0 Å². The first-order chi connectivity index (χ1) is 5.93. The molecule has 2 heteroatoms. The van der Waals surface area contributed by atoms with E-state index in [1.807, 2.05) is 42.5 Å². The van der Waals surface area contributed by atoms with E-state index in [2.05, 4.69) is 12.6 Å². The molecule has 0 amide bonds. The molecule has 0 saturated carbocycles. The first kappa shape index (κ1) is 9.20. The molecule has 1 nitrogen and oxygen atoms in total. The molecule has 1 rings (SSSR count). The summed E-state index contributed by atoms with van der Waals surface area (Å²) in [6.45, 7) is 0.616. The van der Waals surface area contributed by atoms with Crippen molar-refractivity contribution in [2.75, 3.05) is 12.4 Å². The Balaban J connectivity index is 2.29. The van der Waals surface area contributed by atoms with Crippen molar-refractivity contribution in [3.8, 4) is 5.75 Å². The van der Waals surface area contributed by atoms with Crippen molar-refractivity contribution < 1.29 is 4.74 Å². The summed E-state index contributed by atoms with van der Waals surface area (Å²) in [5.74, 6) is 1.67. The standard InChI is InChI=1S/C10H12OS/c12-9-5-4-8-11-10-6-2-1-3-7-10/h1-7,12H,8-9H2. The van der Waals surface area contributed by atoms with Crippen molar-refractivity contribution >= 4 is 12.6 Å². The van der Waals surface area contributed by atoms with Gasteiger partial charge in [-0.15, -0.1) is 0 Å². The molecule has 1 aromatic carbocycles. The number of hydrogen-bond acceptors (Lipinski definition) is 2. The third-order valence-electron chi connectivity index (χ3n) is 1.36. The zero-order valence-electron chi connectivity index (χ0n) is 6.81. The number of thiol groups is 1. The van der Waals surface area contributed by atoms with Crippen LogP contribution in [0, 0.1) is 0 Å². The molecule has 0 heterocycles. The molecule has 0 atom stereocenters. The van der Waals surface area contributed by atoms with Crippen LogP contribution in [0.3, 0.4) is 0 Å². The van der Waals surface area contributed by atoms with Crippen LogP contribution in [-0.2, 0) is 0 Å². The van der Waals surface area contributed by atoms with Gasteiger partial charge in [-0.05, 0) is 12.1 Å². The molecule has 0 spiro atoms. The van der Waals surface area contributed by atoms with Crippen LogP contribution in [0.15, 0.2) is 42.5 Å². The van der Waals surface area contributed by atoms with Gasteiger partial charge in [0.25, 0.3) is 0 Å². The largest absolute Gasteiger partial charge is 0.490 e. The van der Waals surface area contributed by atoms with Crippen LogP contribution >= 0.6 is 12.6 Å². The van der Waals surface area contributed by atoms with Crippen LogP contribution in [-0.4, -0.2) is 12.4 Å². The Kier molecular flexibility index (Phi) is 4.39. The summed E-state index contributed by atoms with van der Waals surface area (Å²) in [5, 5.41) is 0. The quantitative estimate of drug-likeness (QED) is 0.553. The van der Waals surface area contributed by atoms with E-state index in [4.69, 9.17) is 4.74 Å². The van der Waals surface area contributed by atoms with Crippen molar-refractivity contribution in [2.45, 2.75) is 0 Å². The Hall–Kier alpha value is -0.890. The van der Waals surface area contributed by atoms with Crippen LogP contribution < -0.4 is 4.74 Å². The lowest BCUT2D eigenvalue weighted by Gasteiger charge is -2.00. The van der Waals surface area contributed by atoms with Crippen LogP contribution in [0.5, 0.6) is 5.75 Å². The molecule has 0 aromatic heterocycles. The highest BCUT2D eigenvalue weighted by molar-refractivity contribution is 7.80. The molecule has 0 bridgehead atoms. The fourth-order valence-electron chi connectivity index (χ4n) is 0.804. The van der Waals surface area contributed by atoms with E-state index in [9.17, 15) is 0 Å². The van der Waals surface area contributed by atoms with E-state index < -0.39 is 0 Å². The summed E-state index contributed by atoms with van der Waals surface area (Å²) >= 11 is 4.04. The minimum Gasteiger partial charge on any atom is -0.490 e. The minimum atomic E-state index is 0.616. The Morgan fingerprint density at radius 3 is 2.58 bits per heavy atom. The highest BCUT2D eigenvalue weighted by atomic mass is 32.1. The lowest BCUT2D eigenvalue weighted by atomic mass is 10.3. The monoisotopic (exact) mass is 180 g/mol. The highest BCUT2D eigenvalue weighted by Gasteiger charge is 1.85. The second-order valence-electron chi connectivity index (χ2n) is 2.28. The van der Waals surface area contributed by atoms with Gasteiger partial charge in [-0.2, -0.15) is 12.6 Å². The van der Waals surface area contributed by atoms with E-state index in [-0.39, 0.29) is 0 Å². The predicted octanol–water partition coefficient (Wildman–Crippen LogP) is 2.55. The average Bonchev–Trinajstić information content (AvgIpc) is 2.14. The number of ether oxygens (including phenoxy) is 1. The van der Waals surface area contributed by atoms with Crippen molar-refractivity contribution in [3.05, 3.63) is 42.5 Å². The molecular formula is C10H12OS. The topological polar surface area (TPSA) is 9.23 Å². The van der Waals surface area contributed by atoms with E-state index in [1.54, 1.807) is 0 Å². The zero-order valence-corrected chi connectivity index (χ0v) is 7.71. The zero-order chi connectivity index (χ0) is 8.65. The summed E-state index contributed by atoms with van der Waals surface area (Å²) < 4.78 is 5.39. The van der Waals surface area contributed by atoms with Gasteiger partial charge in [0.05, 0.1) is 0 Å². The van der Waals surface area contributed by atoms with E-state index in [0.29, 0.717) is 6.61 Å². The average molecular weight is 180 g/mol. The smallest absolute Gasteiger partial charge is 0.119 e. The summed E-state index contributed by atoms with van der Waals surface area (Å²) in [5.41, 5.74) is 0. The molecule has 64 valence electrons. The normalized spacial score (nSPS) is 10.4. The first-order valence-electron chi connectivity index (χ1n) is 3.87. The van der Waals surface area contributed by atoms with E-state index >= 15 is 0 Å². The molecule has 0 unspecified atom stereocenters.